The summed E-state index contributed by atoms with van der Waals surface area (Å²) in [5.74, 6) is 0.625. The van der Waals surface area contributed by atoms with Crippen LogP contribution in [0.25, 0.3) is 0 Å². The lowest BCUT2D eigenvalue weighted by Crippen LogP contribution is -2.10. The maximum absolute atomic E-state index is 10.6. The van der Waals surface area contributed by atoms with Crippen molar-refractivity contribution in [3.05, 3.63) is 69.8 Å². The van der Waals surface area contributed by atoms with Crippen molar-refractivity contribution in [1.82, 2.24) is 0 Å². The number of non-ortho nitro benzene ring substituents is 1. The molecule has 0 bridgehead atoms. The van der Waals surface area contributed by atoms with E-state index >= 15 is 0 Å². The van der Waals surface area contributed by atoms with Gasteiger partial charge in [-0.15, -0.1) is 0 Å². The van der Waals surface area contributed by atoms with E-state index in [-0.39, 0.29) is 11.1 Å². The van der Waals surface area contributed by atoms with Crippen molar-refractivity contribution in [2.45, 2.75) is 32.8 Å². The van der Waals surface area contributed by atoms with E-state index in [0.29, 0.717) is 12.4 Å². The van der Waals surface area contributed by atoms with Gasteiger partial charge in [-0.1, -0.05) is 45.0 Å². The Morgan fingerprint density at radius 1 is 1.00 bits per heavy atom. The molecule has 0 heterocycles. The highest BCUT2D eigenvalue weighted by atomic mass is 16.6. The van der Waals surface area contributed by atoms with Gasteiger partial charge in [0.1, 0.15) is 12.4 Å². The summed E-state index contributed by atoms with van der Waals surface area (Å²) in [5, 5.41) is 10.6. The van der Waals surface area contributed by atoms with Gasteiger partial charge >= 0.3 is 0 Å². The van der Waals surface area contributed by atoms with E-state index < -0.39 is 4.92 Å². The molecule has 0 saturated heterocycles. The van der Waals surface area contributed by atoms with Crippen molar-refractivity contribution in [3.63, 3.8) is 0 Å². The van der Waals surface area contributed by atoms with Crippen molar-refractivity contribution in [3.8, 4) is 5.75 Å². The Kier molecular flexibility index (Phi) is 4.26. The lowest BCUT2D eigenvalue weighted by atomic mass is 9.87. The van der Waals surface area contributed by atoms with Gasteiger partial charge in [0.05, 0.1) is 4.92 Å². The predicted molar refractivity (Wildman–Crippen MR) is 82.6 cm³/mol. The van der Waals surface area contributed by atoms with E-state index in [1.54, 1.807) is 12.1 Å². The zero-order chi connectivity index (χ0) is 15.5. The molecule has 0 atom stereocenters. The first-order chi connectivity index (χ1) is 9.86. The standard InChI is InChI=1S/C17H19NO3/c1-17(2,3)14-6-4-13(5-7-14)12-21-16-10-8-15(9-11-16)18(19)20/h4-11H,12H2,1-3H3. The molecule has 0 aliphatic carbocycles. The number of nitro benzene ring substituents is 1. The van der Waals surface area contributed by atoms with Gasteiger partial charge in [0.15, 0.2) is 0 Å². The number of hydrogen-bond acceptors (Lipinski definition) is 3. The monoisotopic (exact) mass is 285 g/mol. The maximum atomic E-state index is 10.6. The molecule has 2 rings (SSSR count). The summed E-state index contributed by atoms with van der Waals surface area (Å²) in [6.07, 6.45) is 0. The number of nitrogens with zero attached hydrogens (tertiary/aromatic N) is 1. The number of benzene rings is 2. The van der Waals surface area contributed by atoms with Gasteiger partial charge in [-0.25, -0.2) is 0 Å². The fraction of sp³-hybridized carbons (Fsp3) is 0.294. The minimum atomic E-state index is -0.422. The summed E-state index contributed by atoms with van der Waals surface area (Å²) in [6.45, 7) is 6.97. The van der Waals surface area contributed by atoms with Crippen LogP contribution in [0.2, 0.25) is 0 Å². The highest BCUT2D eigenvalue weighted by Gasteiger charge is 2.12. The molecule has 0 fully saturated rings. The van der Waals surface area contributed by atoms with Gasteiger partial charge in [0, 0.05) is 12.1 Å². The van der Waals surface area contributed by atoms with E-state index in [4.69, 9.17) is 4.74 Å². The Labute approximate surface area is 124 Å². The molecule has 0 N–H and O–H groups in total. The summed E-state index contributed by atoms with van der Waals surface area (Å²) in [7, 11) is 0. The quantitative estimate of drug-likeness (QED) is 0.615. The molecule has 2 aromatic rings. The first-order valence-corrected chi connectivity index (χ1v) is 6.83. The average molecular weight is 285 g/mol. The van der Waals surface area contributed by atoms with Gasteiger partial charge in [-0.05, 0) is 28.7 Å². The Balaban J connectivity index is 1.98. The fourth-order valence-corrected chi connectivity index (χ4v) is 1.93. The summed E-state index contributed by atoms with van der Waals surface area (Å²) < 4.78 is 5.63. The largest absolute Gasteiger partial charge is 0.489 e. The van der Waals surface area contributed by atoms with Gasteiger partial charge in [-0.3, -0.25) is 10.1 Å². The lowest BCUT2D eigenvalue weighted by Gasteiger charge is -2.19. The minimum Gasteiger partial charge on any atom is -0.489 e. The molecule has 0 spiro atoms. The van der Waals surface area contributed by atoms with E-state index in [1.165, 1.54) is 17.7 Å². The summed E-state index contributed by atoms with van der Waals surface area (Å²) in [4.78, 5) is 10.1. The number of hydrogen-bond donors (Lipinski definition) is 0. The molecule has 4 heteroatoms. The zero-order valence-electron chi connectivity index (χ0n) is 12.5. The summed E-state index contributed by atoms with van der Waals surface area (Å²) in [5.41, 5.74) is 2.55. The molecular formula is C17H19NO3. The summed E-state index contributed by atoms with van der Waals surface area (Å²) in [6, 6.07) is 14.4. The van der Waals surface area contributed by atoms with Crippen molar-refractivity contribution in [2.75, 3.05) is 0 Å². The van der Waals surface area contributed by atoms with Crippen LogP contribution >= 0.6 is 0 Å². The van der Waals surface area contributed by atoms with Crippen LogP contribution in [0.5, 0.6) is 5.75 Å². The molecule has 0 aromatic heterocycles. The van der Waals surface area contributed by atoms with Crippen LogP contribution < -0.4 is 4.74 Å². The molecule has 4 nitrogen and oxygen atoms in total. The van der Waals surface area contributed by atoms with E-state index in [2.05, 4.69) is 32.9 Å². The fourth-order valence-electron chi connectivity index (χ4n) is 1.93. The highest BCUT2D eigenvalue weighted by molar-refractivity contribution is 5.36. The Morgan fingerprint density at radius 3 is 2.05 bits per heavy atom. The first kappa shape index (κ1) is 15.0. The second-order valence-electron chi connectivity index (χ2n) is 5.99. The second kappa shape index (κ2) is 5.95. The number of nitro groups is 1. The lowest BCUT2D eigenvalue weighted by molar-refractivity contribution is -0.384. The number of rotatable bonds is 4. The van der Waals surface area contributed by atoms with Crippen molar-refractivity contribution >= 4 is 5.69 Å². The molecule has 2 aromatic carbocycles. The molecular weight excluding hydrogens is 266 g/mol. The topological polar surface area (TPSA) is 52.4 Å². The van der Waals surface area contributed by atoms with Crippen LogP contribution in [-0.2, 0) is 12.0 Å². The van der Waals surface area contributed by atoms with Crippen molar-refractivity contribution in [2.24, 2.45) is 0 Å². The van der Waals surface area contributed by atoms with E-state index in [1.807, 2.05) is 12.1 Å². The molecule has 0 radical (unpaired) electrons. The van der Waals surface area contributed by atoms with Crippen molar-refractivity contribution < 1.29 is 9.66 Å². The SMILES string of the molecule is CC(C)(C)c1ccc(COc2ccc([N+](=O)[O-])cc2)cc1. The van der Waals surface area contributed by atoms with Crippen LogP contribution in [0.1, 0.15) is 31.9 Å². The van der Waals surface area contributed by atoms with Crippen LogP contribution in [0.4, 0.5) is 5.69 Å². The third kappa shape index (κ3) is 4.05. The second-order valence-corrected chi connectivity index (χ2v) is 5.99. The minimum absolute atomic E-state index is 0.0666. The summed E-state index contributed by atoms with van der Waals surface area (Å²) >= 11 is 0. The van der Waals surface area contributed by atoms with E-state index in [9.17, 15) is 10.1 Å². The molecule has 110 valence electrons. The van der Waals surface area contributed by atoms with E-state index in [0.717, 1.165) is 5.56 Å². The third-order valence-electron chi connectivity index (χ3n) is 3.27. The smallest absolute Gasteiger partial charge is 0.269 e. The van der Waals surface area contributed by atoms with Crippen LogP contribution in [0.3, 0.4) is 0 Å². The van der Waals surface area contributed by atoms with Crippen LogP contribution in [-0.4, -0.2) is 4.92 Å². The number of ether oxygens (including phenoxy) is 1. The predicted octanol–water partition coefficient (Wildman–Crippen LogP) is 4.47. The normalized spacial score (nSPS) is 11.2. The third-order valence-corrected chi connectivity index (χ3v) is 3.27. The van der Waals surface area contributed by atoms with Crippen molar-refractivity contribution in [1.29, 1.82) is 0 Å². The molecule has 0 saturated carbocycles. The van der Waals surface area contributed by atoms with Gasteiger partial charge in [-0.2, -0.15) is 0 Å². The maximum Gasteiger partial charge on any atom is 0.269 e. The van der Waals surface area contributed by atoms with Gasteiger partial charge in [0.2, 0.25) is 0 Å². The molecule has 0 unspecified atom stereocenters. The Hall–Kier alpha value is -2.36. The zero-order valence-corrected chi connectivity index (χ0v) is 12.5. The average Bonchev–Trinajstić information content (AvgIpc) is 2.45. The van der Waals surface area contributed by atoms with Gasteiger partial charge in [0.25, 0.3) is 5.69 Å². The van der Waals surface area contributed by atoms with Crippen LogP contribution in [0, 0.1) is 10.1 Å². The van der Waals surface area contributed by atoms with Crippen LogP contribution in [0.15, 0.2) is 48.5 Å². The molecule has 0 amide bonds. The molecule has 0 aliphatic rings. The first-order valence-electron chi connectivity index (χ1n) is 6.83. The van der Waals surface area contributed by atoms with Gasteiger partial charge < -0.3 is 4.74 Å². The highest BCUT2D eigenvalue weighted by Crippen LogP contribution is 2.23. The Morgan fingerprint density at radius 2 is 1.57 bits per heavy atom. The molecule has 0 aliphatic heterocycles. The molecule has 21 heavy (non-hydrogen) atoms. The Bertz CT molecular complexity index is 610.